The van der Waals surface area contributed by atoms with Crippen LogP contribution in [0.5, 0.6) is 0 Å². The molecule has 1 unspecified atom stereocenters. The number of hydrogen-bond acceptors (Lipinski definition) is 2. The van der Waals surface area contributed by atoms with Gasteiger partial charge in [-0.1, -0.05) is 0 Å². The van der Waals surface area contributed by atoms with Gasteiger partial charge in [0.2, 0.25) is 11.8 Å². The zero-order valence-corrected chi connectivity index (χ0v) is 11.7. The van der Waals surface area contributed by atoms with E-state index in [1.54, 1.807) is 11.8 Å². The number of halogens is 2. The molecule has 2 fully saturated rings. The minimum atomic E-state index is -0.766. The first-order chi connectivity index (χ1) is 9.99. The molecular weight excluding hydrogens is 278 g/mol. The highest BCUT2D eigenvalue weighted by Gasteiger charge is 2.41. The molecule has 1 saturated carbocycles. The van der Waals surface area contributed by atoms with Gasteiger partial charge in [0.05, 0.1) is 5.69 Å². The Morgan fingerprint density at radius 3 is 2.57 bits per heavy atom. The Morgan fingerprint density at radius 2 is 1.95 bits per heavy atom. The lowest BCUT2D eigenvalue weighted by molar-refractivity contribution is -0.141. The van der Waals surface area contributed by atoms with Crippen molar-refractivity contribution in [3.8, 4) is 0 Å². The highest BCUT2D eigenvalue weighted by molar-refractivity contribution is 6.00. The number of nitrogens with zero attached hydrogens (tertiary/aromatic N) is 2. The molecule has 1 heterocycles. The van der Waals surface area contributed by atoms with E-state index in [9.17, 15) is 18.4 Å². The Hall–Kier alpha value is -1.98. The average Bonchev–Trinajstić information content (AvgIpc) is 3.26. The molecule has 3 rings (SSSR count). The summed E-state index contributed by atoms with van der Waals surface area (Å²) >= 11 is 0. The molecule has 0 N–H and O–H groups in total. The first-order valence-corrected chi connectivity index (χ1v) is 7.06. The maximum atomic E-state index is 13.8. The molecule has 21 heavy (non-hydrogen) atoms. The van der Waals surface area contributed by atoms with Crippen LogP contribution in [0.25, 0.3) is 0 Å². The lowest BCUT2D eigenvalue weighted by atomic mass is 10.1. The molecule has 0 radical (unpaired) electrons. The van der Waals surface area contributed by atoms with Crippen LogP contribution >= 0.6 is 0 Å². The van der Waals surface area contributed by atoms with Crippen LogP contribution in [-0.4, -0.2) is 35.8 Å². The van der Waals surface area contributed by atoms with Gasteiger partial charge in [-0.05, 0) is 31.9 Å². The van der Waals surface area contributed by atoms with Crippen LogP contribution in [0.4, 0.5) is 14.5 Å². The number of anilines is 1. The molecule has 1 aliphatic carbocycles. The molecule has 0 bridgehead atoms. The van der Waals surface area contributed by atoms with Crippen LogP contribution in [0.2, 0.25) is 0 Å². The average molecular weight is 294 g/mol. The van der Waals surface area contributed by atoms with Gasteiger partial charge in [-0.25, -0.2) is 8.78 Å². The van der Waals surface area contributed by atoms with Crippen LogP contribution in [0.15, 0.2) is 18.2 Å². The van der Waals surface area contributed by atoms with Crippen LogP contribution in [0.1, 0.15) is 19.8 Å². The van der Waals surface area contributed by atoms with E-state index in [0.717, 1.165) is 25.0 Å². The summed E-state index contributed by atoms with van der Waals surface area (Å²) in [4.78, 5) is 27.4. The number of benzene rings is 1. The van der Waals surface area contributed by atoms with Gasteiger partial charge in [-0.3, -0.25) is 9.59 Å². The third-order valence-corrected chi connectivity index (χ3v) is 4.07. The van der Waals surface area contributed by atoms with Gasteiger partial charge in [0, 0.05) is 25.1 Å². The molecule has 0 spiro atoms. The molecule has 4 nitrogen and oxygen atoms in total. The molecule has 1 aromatic rings. The molecule has 2 amide bonds. The fourth-order valence-electron chi connectivity index (χ4n) is 2.68. The monoisotopic (exact) mass is 294 g/mol. The standard InChI is InChI=1S/C15H16F2N2O2/c1-9-14(20)19(13-5-4-11(16)8-12(13)17)7-6-18(9)15(21)10-2-3-10/h4-5,8-10H,2-3,6-7H2,1H3. The summed E-state index contributed by atoms with van der Waals surface area (Å²) in [5.74, 6) is -1.72. The first-order valence-electron chi connectivity index (χ1n) is 7.06. The molecule has 1 atom stereocenters. The van der Waals surface area contributed by atoms with Gasteiger partial charge >= 0.3 is 0 Å². The zero-order chi connectivity index (χ0) is 15.1. The minimum absolute atomic E-state index is 0.00933. The molecule has 2 aliphatic rings. The van der Waals surface area contributed by atoms with Gasteiger partial charge in [-0.15, -0.1) is 0 Å². The maximum Gasteiger partial charge on any atom is 0.249 e. The molecular formula is C15H16F2N2O2. The molecule has 1 saturated heterocycles. The van der Waals surface area contributed by atoms with Crippen LogP contribution in [0, 0.1) is 17.6 Å². The number of amides is 2. The van der Waals surface area contributed by atoms with Gasteiger partial charge in [0.15, 0.2) is 0 Å². The zero-order valence-electron chi connectivity index (χ0n) is 11.7. The van der Waals surface area contributed by atoms with E-state index < -0.39 is 17.7 Å². The largest absolute Gasteiger partial charge is 0.329 e. The summed E-state index contributed by atoms with van der Waals surface area (Å²) in [6.07, 6.45) is 1.76. The predicted octanol–water partition coefficient (Wildman–Crippen LogP) is 1.94. The predicted molar refractivity (Wildman–Crippen MR) is 72.6 cm³/mol. The number of piperazine rings is 1. The molecule has 1 aliphatic heterocycles. The Bertz CT molecular complexity index is 601. The molecule has 0 aromatic heterocycles. The highest BCUT2D eigenvalue weighted by Crippen LogP contribution is 2.33. The van der Waals surface area contributed by atoms with Crippen molar-refractivity contribution >= 4 is 17.5 Å². The second kappa shape index (κ2) is 5.09. The summed E-state index contributed by atoms with van der Waals surface area (Å²) in [7, 11) is 0. The second-order valence-electron chi connectivity index (χ2n) is 5.57. The number of hydrogen-bond donors (Lipinski definition) is 0. The van der Waals surface area contributed by atoms with Crippen molar-refractivity contribution in [3.63, 3.8) is 0 Å². The van der Waals surface area contributed by atoms with E-state index in [-0.39, 0.29) is 30.0 Å². The third kappa shape index (κ3) is 2.50. The Labute approximate surface area is 121 Å². The number of rotatable bonds is 2. The second-order valence-corrected chi connectivity index (χ2v) is 5.57. The van der Waals surface area contributed by atoms with Crippen molar-refractivity contribution in [2.45, 2.75) is 25.8 Å². The normalized spacial score (nSPS) is 22.6. The number of carbonyl (C=O) groups is 2. The van der Waals surface area contributed by atoms with E-state index >= 15 is 0 Å². The van der Waals surface area contributed by atoms with E-state index in [1.807, 2.05) is 0 Å². The van der Waals surface area contributed by atoms with Gasteiger partial charge in [-0.2, -0.15) is 0 Å². The Kier molecular flexibility index (Phi) is 3.39. The summed E-state index contributed by atoms with van der Waals surface area (Å²) in [6.45, 7) is 2.25. The van der Waals surface area contributed by atoms with Gasteiger partial charge in [0.1, 0.15) is 17.7 Å². The van der Waals surface area contributed by atoms with Crippen molar-refractivity contribution in [1.29, 1.82) is 0 Å². The van der Waals surface area contributed by atoms with Crippen molar-refractivity contribution in [2.75, 3.05) is 18.0 Å². The topological polar surface area (TPSA) is 40.6 Å². The van der Waals surface area contributed by atoms with Crippen molar-refractivity contribution in [2.24, 2.45) is 5.92 Å². The van der Waals surface area contributed by atoms with Crippen LogP contribution in [0.3, 0.4) is 0 Å². The highest BCUT2D eigenvalue weighted by atomic mass is 19.1. The Balaban J connectivity index is 1.80. The SMILES string of the molecule is CC1C(=O)N(c2ccc(F)cc2F)CCN1C(=O)C1CC1. The quantitative estimate of drug-likeness (QED) is 0.836. The van der Waals surface area contributed by atoms with E-state index in [0.29, 0.717) is 6.54 Å². The summed E-state index contributed by atoms with van der Waals surface area (Å²) < 4.78 is 26.8. The third-order valence-electron chi connectivity index (χ3n) is 4.07. The van der Waals surface area contributed by atoms with E-state index in [2.05, 4.69) is 0 Å². The van der Waals surface area contributed by atoms with Crippen molar-refractivity contribution in [3.05, 3.63) is 29.8 Å². The minimum Gasteiger partial charge on any atom is -0.329 e. The number of carbonyl (C=O) groups excluding carboxylic acids is 2. The van der Waals surface area contributed by atoms with E-state index in [1.165, 1.54) is 11.0 Å². The summed E-state index contributed by atoms with van der Waals surface area (Å²) in [5, 5.41) is 0. The summed E-state index contributed by atoms with van der Waals surface area (Å²) in [6, 6.07) is 2.53. The van der Waals surface area contributed by atoms with Crippen LogP contribution < -0.4 is 4.90 Å². The maximum absolute atomic E-state index is 13.8. The van der Waals surface area contributed by atoms with Gasteiger partial charge in [0.25, 0.3) is 0 Å². The summed E-state index contributed by atoms with van der Waals surface area (Å²) in [5.41, 5.74) is 0.0618. The fourth-order valence-corrected chi connectivity index (χ4v) is 2.68. The molecule has 6 heteroatoms. The first kappa shape index (κ1) is 14.0. The lowest BCUT2D eigenvalue weighted by Gasteiger charge is -2.39. The smallest absolute Gasteiger partial charge is 0.249 e. The fraction of sp³-hybridized carbons (Fsp3) is 0.467. The molecule has 1 aromatic carbocycles. The van der Waals surface area contributed by atoms with Crippen LogP contribution in [-0.2, 0) is 9.59 Å². The Morgan fingerprint density at radius 1 is 1.24 bits per heavy atom. The van der Waals surface area contributed by atoms with Crippen molar-refractivity contribution in [1.82, 2.24) is 4.90 Å². The van der Waals surface area contributed by atoms with Gasteiger partial charge < -0.3 is 9.80 Å². The van der Waals surface area contributed by atoms with E-state index in [4.69, 9.17) is 0 Å². The van der Waals surface area contributed by atoms with Crippen molar-refractivity contribution < 1.29 is 18.4 Å². The lowest BCUT2D eigenvalue weighted by Crippen LogP contribution is -2.58. The molecule has 112 valence electrons.